The second-order valence-electron chi connectivity index (χ2n) is 5.33. The third-order valence-corrected chi connectivity index (χ3v) is 3.81. The fourth-order valence-electron chi connectivity index (χ4n) is 2.54. The summed E-state index contributed by atoms with van der Waals surface area (Å²) in [6.07, 6.45) is 0. The lowest BCUT2D eigenvalue weighted by Gasteiger charge is -2.19. The summed E-state index contributed by atoms with van der Waals surface area (Å²) in [6, 6.07) is 8.90. The largest absolute Gasteiger partial charge is 0.394 e. The van der Waals surface area contributed by atoms with Crippen LogP contribution < -0.4 is 11.1 Å². The van der Waals surface area contributed by atoms with Crippen LogP contribution in [0.25, 0.3) is 0 Å². The number of carbonyl (C=O) groups is 2. The molecule has 0 heterocycles. The minimum absolute atomic E-state index is 0.110. The van der Waals surface area contributed by atoms with Crippen molar-refractivity contribution < 1.29 is 19.4 Å². The number of nitro groups is 2. The number of nitrogens with zero attached hydrogens (tertiary/aromatic N) is 2. The molecule has 0 saturated carbocycles. The predicted molar refractivity (Wildman–Crippen MR) is 89.7 cm³/mol. The van der Waals surface area contributed by atoms with Crippen LogP contribution in [-0.4, -0.2) is 21.4 Å². The number of nitrogens with two attached hydrogens (primary N) is 1. The van der Waals surface area contributed by atoms with E-state index >= 15 is 0 Å². The molecule has 0 fully saturated rings. The van der Waals surface area contributed by atoms with Crippen molar-refractivity contribution in [3.63, 3.8) is 0 Å². The fourth-order valence-corrected chi connectivity index (χ4v) is 2.54. The van der Waals surface area contributed by atoms with Crippen LogP contribution in [-0.2, 0) is 0 Å². The molecule has 0 spiro atoms. The Balaban J connectivity index is 2.08. The lowest BCUT2D eigenvalue weighted by molar-refractivity contribution is -0.393. The van der Waals surface area contributed by atoms with Gasteiger partial charge in [0.25, 0.3) is 11.4 Å². The van der Waals surface area contributed by atoms with Gasteiger partial charge in [-0.15, -0.1) is 0 Å². The second-order valence-corrected chi connectivity index (χ2v) is 5.33. The summed E-state index contributed by atoms with van der Waals surface area (Å²) in [5, 5.41) is 24.5. The summed E-state index contributed by atoms with van der Waals surface area (Å²) in [5.41, 5.74) is 3.99. The fraction of sp³-hybridized carbons (Fsp3) is 0. The van der Waals surface area contributed by atoms with Gasteiger partial charge in [-0.25, -0.2) is 0 Å². The average Bonchev–Trinajstić information content (AvgIpc) is 2.63. The van der Waals surface area contributed by atoms with Crippen LogP contribution in [0, 0.1) is 20.2 Å². The summed E-state index contributed by atoms with van der Waals surface area (Å²) in [6.45, 7) is 0. The minimum Gasteiger partial charge on any atom is -0.394 e. The van der Waals surface area contributed by atoms with Gasteiger partial charge in [0.1, 0.15) is 17.1 Å². The SMILES string of the molecule is NC1=C(Nc2ccc([N+](=O)[O-])cc2[N+](=O)[O-])C(=O)c2ccccc2C1=O. The normalized spacial score (nSPS) is 13.4. The van der Waals surface area contributed by atoms with Gasteiger partial charge in [-0.2, -0.15) is 0 Å². The van der Waals surface area contributed by atoms with E-state index in [9.17, 15) is 29.8 Å². The first-order chi connectivity index (χ1) is 12.3. The zero-order chi connectivity index (χ0) is 19.0. The molecule has 10 heteroatoms. The third-order valence-electron chi connectivity index (χ3n) is 3.81. The van der Waals surface area contributed by atoms with E-state index < -0.39 is 32.8 Å². The maximum Gasteiger partial charge on any atom is 0.299 e. The predicted octanol–water partition coefficient (Wildman–Crippen LogP) is 2.16. The molecule has 0 aromatic heterocycles. The van der Waals surface area contributed by atoms with Crippen LogP contribution >= 0.6 is 0 Å². The topological polar surface area (TPSA) is 158 Å². The van der Waals surface area contributed by atoms with Gasteiger partial charge in [0, 0.05) is 17.2 Å². The number of allylic oxidation sites excluding steroid dienone is 2. The van der Waals surface area contributed by atoms with Crippen molar-refractivity contribution >= 4 is 28.6 Å². The van der Waals surface area contributed by atoms with Crippen molar-refractivity contribution in [2.75, 3.05) is 5.32 Å². The highest BCUT2D eigenvalue weighted by atomic mass is 16.6. The van der Waals surface area contributed by atoms with Crippen molar-refractivity contribution in [3.8, 4) is 0 Å². The molecule has 0 aliphatic heterocycles. The van der Waals surface area contributed by atoms with E-state index in [-0.39, 0.29) is 28.2 Å². The van der Waals surface area contributed by atoms with Crippen LogP contribution in [0.5, 0.6) is 0 Å². The van der Waals surface area contributed by atoms with Gasteiger partial charge in [0.2, 0.25) is 11.6 Å². The van der Waals surface area contributed by atoms with Crippen LogP contribution in [0.15, 0.2) is 53.9 Å². The number of carbonyl (C=O) groups excluding carboxylic acids is 2. The van der Waals surface area contributed by atoms with E-state index in [1.807, 2.05) is 0 Å². The highest BCUT2D eigenvalue weighted by Crippen LogP contribution is 2.32. The first-order valence-electron chi connectivity index (χ1n) is 7.19. The standard InChI is InChI=1S/C16H10N4O6/c17-13-14(16(22)10-4-2-1-3-9(10)15(13)21)18-11-6-5-8(19(23)24)7-12(11)20(25)26/h1-7,18H,17H2. The molecule has 0 unspecified atom stereocenters. The number of rotatable bonds is 4. The first-order valence-corrected chi connectivity index (χ1v) is 7.19. The van der Waals surface area contributed by atoms with Crippen LogP contribution in [0.1, 0.15) is 20.7 Å². The highest BCUT2D eigenvalue weighted by molar-refractivity contribution is 6.27. The number of nitro benzene ring substituents is 2. The lowest BCUT2D eigenvalue weighted by Crippen LogP contribution is -2.30. The zero-order valence-electron chi connectivity index (χ0n) is 13.0. The van der Waals surface area contributed by atoms with Crippen molar-refractivity contribution in [1.29, 1.82) is 0 Å². The Morgan fingerprint density at radius 1 is 0.885 bits per heavy atom. The molecule has 0 amide bonds. The van der Waals surface area contributed by atoms with Gasteiger partial charge in [0.05, 0.1) is 15.9 Å². The van der Waals surface area contributed by atoms with Gasteiger partial charge in [-0.05, 0) is 6.07 Å². The number of benzene rings is 2. The minimum atomic E-state index is -0.838. The number of ketones is 2. The molecule has 130 valence electrons. The van der Waals surface area contributed by atoms with Crippen molar-refractivity contribution in [1.82, 2.24) is 0 Å². The molecule has 3 N–H and O–H groups in total. The van der Waals surface area contributed by atoms with Gasteiger partial charge in [-0.3, -0.25) is 29.8 Å². The molecule has 2 aromatic rings. The summed E-state index contributed by atoms with van der Waals surface area (Å²) >= 11 is 0. The smallest absolute Gasteiger partial charge is 0.299 e. The molecule has 3 rings (SSSR count). The Kier molecular flexibility index (Phi) is 3.93. The monoisotopic (exact) mass is 354 g/mol. The highest BCUT2D eigenvalue weighted by Gasteiger charge is 2.32. The number of anilines is 1. The van der Waals surface area contributed by atoms with E-state index in [2.05, 4.69) is 5.32 Å². The van der Waals surface area contributed by atoms with E-state index in [1.54, 1.807) is 12.1 Å². The average molecular weight is 354 g/mol. The van der Waals surface area contributed by atoms with E-state index in [4.69, 9.17) is 5.73 Å². The maximum absolute atomic E-state index is 12.6. The van der Waals surface area contributed by atoms with E-state index in [0.717, 1.165) is 18.2 Å². The first kappa shape index (κ1) is 16.8. The Morgan fingerprint density at radius 3 is 2.08 bits per heavy atom. The Bertz CT molecular complexity index is 1030. The molecule has 1 aliphatic carbocycles. The molecule has 10 nitrogen and oxygen atoms in total. The van der Waals surface area contributed by atoms with Crippen LogP contribution in [0.2, 0.25) is 0 Å². The van der Waals surface area contributed by atoms with Gasteiger partial charge in [0.15, 0.2) is 0 Å². The molecule has 2 aromatic carbocycles. The number of nitrogens with one attached hydrogen (secondary N) is 1. The van der Waals surface area contributed by atoms with Gasteiger partial charge < -0.3 is 11.1 Å². The molecule has 0 atom stereocenters. The molecule has 0 radical (unpaired) electrons. The van der Waals surface area contributed by atoms with Gasteiger partial charge >= 0.3 is 0 Å². The Labute approximate surface area is 145 Å². The lowest BCUT2D eigenvalue weighted by atomic mass is 9.90. The zero-order valence-corrected chi connectivity index (χ0v) is 13.0. The number of non-ortho nitro benzene ring substituents is 1. The van der Waals surface area contributed by atoms with Gasteiger partial charge in [-0.1, -0.05) is 24.3 Å². The Hall–Kier alpha value is -4.08. The molecule has 0 saturated heterocycles. The van der Waals surface area contributed by atoms with Crippen molar-refractivity contribution in [3.05, 3.63) is 85.2 Å². The molecule has 0 bridgehead atoms. The van der Waals surface area contributed by atoms with E-state index in [0.29, 0.717) is 0 Å². The summed E-state index contributed by atoms with van der Waals surface area (Å²) in [4.78, 5) is 45.3. The van der Waals surface area contributed by atoms with Crippen molar-refractivity contribution in [2.45, 2.75) is 0 Å². The summed E-state index contributed by atoms with van der Waals surface area (Å²) in [7, 11) is 0. The summed E-state index contributed by atoms with van der Waals surface area (Å²) in [5.74, 6) is -1.20. The molecular formula is C16H10N4O6. The molecular weight excluding hydrogens is 344 g/mol. The second kappa shape index (κ2) is 6.09. The third kappa shape index (κ3) is 2.65. The number of Topliss-reactive ketones (excluding diaryl/α,β-unsaturated/α-hetero) is 2. The molecule has 1 aliphatic rings. The molecule has 26 heavy (non-hydrogen) atoms. The van der Waals surface area contributed by atoms with Crippen molar-refractivity contribution in [2.24, 2.45) is 5.73 Å². The quantitative estimate of drug-likeness (QED) is 0.624. The van der Waals surface area contributed by atoms with E-state index in [1.165, 1.54) is 12.1 Å². The number of hydrogen-bond donors (Lipinski definition) is 2. The van der Waals surface area contributed by atoms with Crippen LogP contribution in [0.4, 0.5) is 17.1 Å². The van der Waals surface area contributed by atoms with Crippen LogP contribution in [0.3, 0.4) is 0 Å². The summed E-state index contributed by atoms with van der Waals surface area (Å²) < 4.78 is 0. The number of fused-ring (bicyclic) bond motifs is 1. The number of hydrogen-bond acceptors (Lipinski definition) is 8. The maximum atomic E-state index is 12.6. The Morgan fingerprint density at radius 2 is 1.50 bits per heavy atom.